The molecule has 0 heterocycles. The molecule has 5 nitrogen and oxygen atoms in total. The van der Waals surface area contributed by atoms with Crippen molar-refractivity contribution in [1.82, 2.24) is 4.90 Å². The lowest BCUT2D eigenvalue weighted by Gasteiger charge is -2.18. The number of benzene rings is 1. The summed E-state index contributed by atoms with van der Waals surface area (Å²) in [5.41, 5.74) is 8.66. The number of oxime groups is 1. The molecule has 0 bridgehead atoms. The van der Waals surface area contributed by atoms with Crippen molar-refractivity contribution in [1.29, 1.82) is 0 Å². The van der Waals surface area contributed by atoms with Crippen molar-refractivity contribution in [2.24, 2.45) is 10.9 Å². The maximum absolute atomic E-state index is 11.1. The second-order valence-electron chi connectivity index (χ2n) is 3.87. The Morgan fingerprint density at radius 1 is 1.35 bits per heavy atom. The highest BCUT2D eigenvalue weighted by atomic mass is 16.7. The Bertz CT molecular complexity index is 518. The van der Waals surface area contributed by atoms with E-state index in [4.69, 9.17) is 5.73 Å². The predicted molar refractivity (Wildman–Crippen MR) is 66.1 cm³/mol. The number of nitrogens with zero attached hydrogens (tertiary/aromatic N) is 2. The smallest absolute Gasteiger partial charge is 0.380 e. The maximum Gasteiger partial charge on any atom is 0.435 e. The highest BCUT2D eigenvalue weighted by molar-refractivity contribution is 6.31. The second-order valence-corrected chi connectivity index (χ2v) is 3.87. The van der Waals surface area contributed by atoms with Crippen LogP contribution in [-0.2, 0) is 4.84 Å². The molecule has 2 rings (SSSR count). The zero-order chi connectivity index (χ0) is 12.4. The van der Waals surface area contributed by atoms with Crippen molar-refractivity contribution in [2.45, 2.75) is 0 Å². The molecule has 0 atom stereocenters. The average molecular weight is 231 g/mol. The molecule has 0 spiro atoms. The van der Waals surface area contributed by atoms with Crippen LogP contribution >= 0.6 is 0 Å². The number of nitrogens with two attached hydrogens (primary N) is 1. The van der Waals surface area contributed by atoms with Crippen LogP contribution < -0.4 is 5.73 Å². The first-order chi connectivity index (χ1) is 8.09. The molecule has 0 saturated carbocycles. The van der Waals surface area contributed by atoms with Gasteiger partial charge in [-0.25, -0.2) is 4.79 Å². The van der Waals surface area contributed by atoms with Crippen LogP contribution in [0.4, 0.5) is 4.79 Å². The Morgan fingerprint density at radius 3 is 2.71 bits per heavy atom. The molecule has 17 heavy (non-hydrogen) atoms. The Balaban J connectivity index is 2.06. The number of amides is 1. The summed E-state index contributed by atoms with van der Waals surface area (Å²) in [5, 5.41) is 3.60. The van der Waals surface area contributed by atoms with E-state index in [-0.39, 0.29) is 5.84 Å². The summed E-state index contributed by atoms with van der Waals surface area (Å²) in [6, 6.07) is 7.80. The molecule has 2 N–H and O–H groups in total. The van der Waals surface area contributed by atoms with Gasteiger partial charge < -0.3 is 10.6 Å². The molecule has 88 valence electrons. The van der Waals surface area contributed by atoms with Gasteiger partial charge in [-0.3, -0.25) is 4.84 Å². The number of carbonyl (C=O) groups is 1. The van der Waals surface area contributed by atoms with E-state index in [9.17, 15) is 4.79 Å². The third-order valence-electron chi connectivity index (χ3n) is 2.41. The molecule has 0 unspecified atom stereocenters. The first-order valence-electron chi connectivity index (χ1n) is 5.13. The van der Waals surface area contributed by atoms with Gasteiger partial charge in [-0.05, 0) is 17.2 Å². The summed E-state index contributed by atoms with van der Waals surface area (Å²) < 4.78 is 0. The van der Waals surface area contributed by atoms with Gasteiger partial charge >= 0.3 is 6.09 Å². The lowest BCUT2D eigenvalue weighted by atomic mass is 9.88. The summed E-state index contributed by atoms with van der Waals surface area (Å²) in [6.45, 7) is 0. The van der Waals surface area contributed by atoms with Crippen molar-refractivity contribution in [3.8, 4) is 0 Å². The molecule has 0 fully saturated rings. The van der Waals surface area contributed by atoms with Crippen LogP contribution in [0.25, 0.3) is 11.6 Å². The Kier molecular flexibility index (Phi) is 2.82. The highest BCUT2D eigenvalue weighted by Gasteiger charge is 2.19. The molecule has 1 amide bonds. The van der Waals surface area contributed by atoms with Gasteiger partial charge in [0.05, 0.1) is 0 Å². The van der Waals surface area contributed by atoms with Crippen molar-refractivity contribution in [3.05, 3.63) is 35.4 Å². The van der Waals surface area contributed by atoms with Gasteiger partial charge in [0.15, 0.2) is 5.84 Å². The van der Waals surface area contributed by atoms with Crippen molar-refractivity contribution < 1.29 is 9.63 Å². The van der Waals surface area contributed by atoms with Gasteiger partial charge in [0.2, 0.25) is 0 Å². The van der Waals surface area contributed by atoms with Crippen LogP contribution in [0.3, 0.4) is 0 Å². The highest BCUT2D eigenvalue weighted by Crippen LogP contribution is 2.31. The average Bonchev–Trinajstić information content (AvgIpc) is 2.27. The fourth-order valence-electron chi connectivity index (χ4n) is 1.45. The topological polar surface area (TPSA) is 67.9 Å². The van der Waals surface area contributed by atoms with Crippen LogP contribution in [0, 0.1) is 0 Å². The summed E-state index contributed by atoms with van der Waals surface area (Å²) in [5.74, 6) is 0.207. The third-order valence-corrected chi connectivity index (χ3v) is 2.41. The number of hydrogen-bond donors (Lipinski definition) is 1. The number of rotatable bonds is 2. The van der Waals surface area contributed by atoms with Crippen LogP contribution in [0.1, 0.15) is 11.1 Å². The molecule has 5 heteroatoms. The SMILES string of the molecule is CN(C)C(=O)ON=C(N)C1=Cc2ccccc21. The van der Waals surface area contributed by atoms with Gasteiger partial charge in [-0.2, -0.15) is 0 Å². The van der Waals surface area contributed by atoms with E-state index in [1.165, 1.54) is 4.90 Å². The normalized spacial score (nSPS) is 13.3. The van der Waals surface area contributed by atoms with Crippen molar-refractivity contribution >= 4 is 23.6 Å². The van der Waals surface area contributed by atoms with Gasteiger partial charge in [0.25, 0.3) is 0 Å². The fourth-order valence-corrected chi connectivity index (χ4v) is 1.45. The lowest BCUT2D eigenvalue weighted by Crippen LogP contribution is -2.24. The molecule has 0 aromatic heterocycles. The molecule has 1 aliphatic rings. The van der Waals surface area contributed by atoms with E-state index >= 15 is 0 Å². The maximum atomic E-state index is 11.1. The molecule has 0 aliphatic heterocycles. The summed E-state index contributed by atoms with van der Waals surface area (Å²) in [7, 11) is 3.15. The zero-order valence-electron chi connectivity index (χ0n) is 9.68. The molecule has 1 aromatic carbocycles. The quantitative estimate of drug-likeness (QED) is 0.363. The number of fused-ring (bicyclic) bond motifs is 1. The fraction of sp³-hybridized carbons (Fsp3) is 0.167. The largest absolute Gasteiger partial charge is 0.435 e. The van der Waals surface area contributed by atoms with E-state index < -0.39 is 6.09 Å². The van der Waals surface area contributed by atoms with Crippen molar-refractivity contribution in [3.63, 3.8) is 0 Å². The standard InChI is InChI=1S/C12H13N3O2/c1-15(2)12(16)17-14-11(13)10-7-8-5-3-4-6-9(8)10/h3-7H,1-2H3,(H2,13,14). The van der Waals surface area contributed by atoms with E-state index in [0.29, 0.717) is 0 Å². The Labute approximate surface area is 99.1 Å². The summed E-state index contributed by atoms with van der Waals surface area (Å²) in [6.07, 6.45) is 1.35. The Hall–Kier alpha value is -2.30. The van der Waals surface area contributed by atoms with Gasteiger partial charge in [-0.1, -0.05) is 29.4 Å². The third kappa shape index (κ3) is 2.13. The summed E-state index contributed by atoms with van der Waals surface area (Å²) >= 11 is 0. The van der Waals surface area contributed by atoms with Gasteiger partial charge in [0.1, 0.15) is 0 Å². The van der Waals surface area contributed by atoms with Crippen molar-refractivity contribution in [2.75, 3.05) is 14.1 Å². The number of amidine groups is 1. The van der Waals surface area contributed by atoms with Gasteiger partial charge in [0, 0.05) is 19.7 Å². The summed E-state index contributed by atoms with van der Waals surface area (Å²) in [4.78, 5) is 17.1. The second kappa shape index (κ2) is 4.29. The van der Waals surface area contributed by atoms with Crippen LogP contribution in [0.2, 0.25) is 0 Å². The zero-order valence-corrected chi connectivity index (χ0v) is 9.68. The monoisotopic (exact) mass is 231 g/mol. The van der Waals surface area contributed by atoms with Gasteiger partial charge in [-0.15, -0.1) is 0 Å². The van der Waals surface area contributed by atoms with Crippen LogP contribution in [-0.4, -0.2) is 30.9 Å². The predicted octanol–water partition coefficient (Wildman–Crippen LogP) is 1.51. The van der Waals surface area contributed by atoms with E-state index in [1.807, 2.05) is 30.3 Å². The van der Waals surface area contributed by atoms with E-state index in [0.717, 1.165) is 16.7 Å². The molecule has 1 aliphatic carbocycles. The van der Waals surface area contributed by atoms with E-state index in [1.54, 1.807) is 14.1 Å². The van der Waals surface area contributed by atoms with Crippen LogP contribution in [0.5, 0.6) is 0 Å². The lowest BCUT2D eigenvalue weighted by molar-refractivity contribution is 0.122. The Morgan fingerprint density at radius 2 is 2.06 bits per heavy atom. The first-order valence-corrected chi connectivity index (χ1v) is 5.13. The molecular formula is C12H13N3O2. The molecular weight excluding hydrogens is 218 g/mol. The first kappa shape index (κ1) is 11.2. The van der Waals surface area contributed by atoms with E-state index in [2.05, 4.69) is 9.99 Å². The number of hydrogen-bond acceptors (Lipinski definition) is 3. The molecule has 0 radical (unpaired) electrons. The molecule has 1 aromatic rings. The minimum atomic E-state index is -0.554. The minimum absolute atomic E-state index is 0.207. The number of carbonyl (C=O) groups excluding carboxylic acids is 1. The minimum Gasteiger partial charge on any atom is -0.380 e. The van der Waals surface area contributed by atoms with Crippen LogP contribution in [0.15, 0.2) is 29.4 Å². The molecule has 0 saturated heterocycles.